The minimum absolute atomic E-state index is 0.00469. The van der Waals surface area contributed by atoms with Gasteiger partial charge in [0.25, 0.3) is 5.91 Å². The van der Waals surface area contributed by atoms with E-state index in [9.17, 15) is 4.79 Å². The Labute approximate surface area is 151 Å². The molecule has 0 aliphatic carbocycles. The summed E-state index contributed by atoms with van der Waals surface area (Å²) in [7, 11) is 2.04. The number of fused-ring (bicyclic) bond motifs is 1. The molecule has 1 amide bonds. The molecule has 0 radical (unpaired) electrons. The average molecular weight is 351 g/mol. The standard InChI is InChI=1S/C18H21N7O/c1-13-4-5-16(22-21-13)23(2)14-6-10-24(11-7-14)18(26)15-12-20-25-9-3-8-19-17(15)25/h3-5,8-9,12,14H,6-7,10-11H2,1-2H3. The molecule has 0 atom stereocenters. The van der Waals surface area contributed by atoms with Crippen LogP contribution >= 0.6 is 0 Å². The number of rotatable bonds is 3. The first-order chi connectivity index (χ1) is 12.6. The van der Waals surface area contributed by atoms with E-state index in [2.05, 4.69) is 25.2 Å². The average Bonchev–Trinajstić information content (AvgIpc) is 3.12. The fraction of sp³-hybridized carbons (Fsp3) is 0.389. The van der Waals surface area contributed by atoms with Gasteiger partial charge in [0.15, 0.2) is 11.5 Å². The predicted molar refractivity (Wildman–Crippen MR) is 97.1 cm³/mol. The van der Waals surface area contributed by atoms with Crippen LogP contribution in [0.15, 0.2) is 36.8 Å². The van der Waals surface area contributed by atoms with E-state index in [0.717, 1.165) is 24.4 Å². The van der Waals surface area contributed by atoms with Gasteiger partial charge in [0.2, 0.25) is 0 Å². The minimum Gasteiger partial charge on any atom is -0.355 e. The van der Waals surface area contributed by atoms with Crippen molar-refractivity contribution < 1.29 is 4.79 Å². The maximum absolute atomic E-state index is 12.9. The highest BCUT2D eigenvalue weighted by Gasteiger charge is 2.28. The largest absolute Gasteiger partial charge is 0.355 e. The van der Waals surface area contributed by atoms with E-state index in [1.54, 1.807) is 29.2 Å². The maximum atomic E-state index is 12.9. The van der Waals surface area contributed by atoms with Gasteiger partial charge >= 0.3 is 0 Å². The molecule has 0 aromatic carbocycles. The Morgan fingerprint density at radius 2 is 2.04 bits per heavy atom. The first-order valence-corrected chi connectivity index (χ1v) is 8.74. The molecular weight excluding hydrogens is 330 g/mol. The topological polar surface area (TPSA) is 79.5 Å². The van der Waals surface area contributed by atoms with Crippen molar-refractivity contribution in [3.05, 3.63) is 48.0 Å². The van der Waals surface area contributed by atoms with Gasteiger partial charge in [-0.2, -0.15) is 10.2 Å². The Balaban J connectivity index is 1.43. The second-order valence-corrected chi connectivity index (χ2v) is 6.61. The van der Waals surface area contributed by atoms with Gasteiger partial charge in [-0.25, -0.2) is 9.50 Å². The molecule has 0 unspecified atom stereocenters. The molecule has 26 heavy (non-hydrogen) atoms. The van der Waals surface area contributed by atoms with Crippen LogP contribution in [-0.4, -0.2) is 61.8 Å². The minimum atomic E-state index is -0.00469. The van der Waals surface area contributed by atoms with Gasteiger partial charge in [-0.1, -0.05) is 0 Å². The number of aromatic nitrogens is 5. The number of carbonyl (C=O) groups excluding carboxylic acids is 1. The lowest BCUT2D eigenvalue weighted by Crippen LogP contribution is -2.46. The van der Waals surface area contributed by atoms with Crippen molar-refractivity contribution >= 4 is 17.4 Å². The second kappa shape index (κ2) is 6.70. The number of anilines is 1. The predicted octanol–water partition coefficient (Wildman–Crippen LogP) is 1.57. The van der Waals surface area contributed by atoms with Crippen molar-refractivity contribution in [2.75, 3.05) is 25.0 Å². The van der Waals surface area contributed by atoms with Crippen LogP contribution in [0, 0.1) is 6.92 Å². The number of piperidine rings is 1. The smallest absolute Gasteiger partial charge is 0.259 e. The van der Waals surface area contributed by atoms with Crippen molar-refractivity contribution in [1.82, 2.24) is 29.7 Å². The quantitative estimate of drug-likeness (QED) is 0.713. The van der Waals surface area contributed by atoms with Gasteiger partial charge in [0.1, 0.15) is 5.56 Å². The summed E-state index contributed by atoms with van der Waals surface area (Å²) in [4.78, 5) is 21.2. The Bertz CT molecular complexity index is 913. The molecule has 3 aromatic rings. The van der Waals surface area contributed by atoms with Gasteiger partial charge in [-0.05, 0) is 38.0 Å². The number of likely N-dealkylation sites (tertiary alicyclic amines) is 1. The summed E-state index contributed by atoms with van der Waals surface area (Å²) < 4.78 is 1.63. The molecule has 8 nitrogen and oxygen atoms in total. The number of aryl methyl sites for hydroxylation is 1. The third-order valence-corrected chi connectivity index (χ3v) is 4.95. The zero-order valence-corrected chi connectivity index (χ0v) is 14.9. The highest BCUT2D eigenvalue weighted by molar-refractivity contribution is 5.99. The molecule has 0 saturated carbocycles. The molecule has 134 valence electrons. The Morgan fingerprint density at radius 1 is 1.23 bits per heavy atom. The molecule has 0 spiro atoms. The van der Waals surface area contributed by atoms with Gasteiger partial charge in [-0.3, -0.25) is 4.79 Å². The van der Waals surface area contributed by atoms with Crippen molar-refractivity contribution in [2.45, 2.75) is 25.8 Å². The zero-order chi connectivity index (χ0) is 18.1. The molecule has 3 aromatic heterocycles. The summed E-state index contributed by atoms with van der Waals surface area (Å²) in [6, 6.07) is 6.10. The molecule has 1 aliphatic rings. The highest BCUT2D eigenvalue weighted by Crippen LogP contribution is 2.22. The summed E-state index contributed by atoms with van der Waals surface area (Å²) in [5.74, 6) is 0.863. The normalized spacial score (nSPS) is 15.4. The van der Waals surface area contributed by atoms with Crippen molar-refractivity contribution in [1.29, 1.82) is 0 Å². The monoisotopic (exact) mass is 351 g/mol. The molecule has 0 bridgehead atoms. The van der Waals surface area contributed by atoms with Gasteiger partial charge < -0.3 is 9.80 Å². The summed E-state index contributed by atoms with van der Waals surface area (Å²) in [6.07, 6.45) is 6.86. The summed E-state index contributed by atoms with van der Waals surface area (Å²) >= 11 is 0. The first kappa shape index (κ1) is 16.4. The third kappa shape index (κ3) is 2.98. The Kier molecular flexibility index (Phi) is 4.24. The van der Waals surface area contributed by atoms with Crippen LogP contribution in [0.3, 0.4) is 0 Å². The van der Waals surface area contributed by atoms with Crippen molar-refractivity contribution in [2.24, 2.45) is 0 Å². The Hall–Kier alpha value is -3.03. The van der Waals surface area contributed by atoms with E-state index in [0.29, 0.717) is 30.3 Å². The van der Waals surface area contributed by atoms with Crippen LogP contribution in [0.2, 0.25) is 0 Å². The zero-order valence-electron chi connectivity index (χ0n) is 14.9. The van der Waals surface area contributed by atoms with E-state index in [1.165, 1.54) is 0 Å². The van der Waals surface area contributed by atoms with Gasteiger partial charge in [0, 0.05) is 38.6 Å². The van der Waals surface area contributed by atoms with Crippen LogP contribution in [0.1, 0.15) is 28.9 Å². The summed E-state index contributed by atoms with van der Waals surface area (Å²) in [5, 5.41) is 12.6. The van der Waals surface area contributed by atoms with E-state index < -0.39 is 0 Å². The first-order valence-electron chi connectivity index (χ1n) is 8.74. The molecule has 4 heterocycles. The van der Waals surface area contributed by atoms with Crippen molar-refractivity contribution in [3.63, 3.8) is 0 Å². The maximum Gasteiger partial charge on any atom is 0.259 e. The van der Waals surface area contributed by atoms with E-state index in [1.807, 2.05) is 31.0 Å². The van der Waals surface area contributed by atoms with E-state index in [4.69, 9.17) is 0 Å². The lowest BCUT2D eigenvalue weighted by Gasteiger charge is -2.37. The lowest BCUT2D eigenvalue weighted by molar-refractivity contribution is 0.0715. The molecular formula is C18H21N7O. The van der Waals surface area contributed by atoms with Gasteiger partial charge in [-0.15, -0.1) is 5.10 Å². The third-order valence-electron chi connectivity index (χ3n) is 4.95. The molecule has 1 fully saturated rings. The lowest BCUT2D eigenvalue weighted by atomic mass is 10.0. The fourth-order valence-electron chi connectivity index (χ4n) is 3.37. The fourth-order valence-corrected chi connectivity index (χ4v) is 3.37. The SMILES string of the molecule is Cc1ccc(N(C)C2CCN(C(=O)c3cnn4cccnc34)CC2)nn1. The number of hydrogen-bond donors (Lipinski definition) is 0. The molecule has 1 saturated heterocycles. The summed E-state index contributed by atoms with van der Waals surface area (Å²) in [5.41, 5.74) is 2.07. The number of hydrogen-bond acceptors (Lipinski definition) is 6. The molecule has 8 heteroatoms. The van der Waals surface area contributed by atoms with Crippen molar-refractivity contribution in [3.8, 4) is 0 Å². The van der Waals surface area contributed by atoms with Crippen LogP contribution in [0.4, 0.5) is 5.82 Å². The molecule has 0 N–H and O–H groups in total. The van der Waals surface area contributed by atoms with E-state index >= 15 is 0 Å². The van der Waals surface area contributed by atoms with Crippen LogP contribution in [0.5, 0.6) is 0 Å². The number of nitrogens with zero attached hydrogens (tertiary/aromatic N) is 7. The molecule has 1 aliphatic heterocycles. The van der Waals surface area contributed by atoms with Crippen LogP contribution in [0.25, 0.3) is 5.65 Å². The van der Waals surface area contributed by atoms with Crippen LogP contribution in [-0.2, 0) is 0 Å². The number of amides is 1. The number of carbonyl (C=O) groups is 1. The second-order valence-electron chi connectivity index (χ2n) is 6.61. The van der Waals surface area contributed by atoms with Gasteiger partial charge in [0.05, 0.1) is 11.9 Å². The van der Waals surface area contributed by atoms with Crippen LogP contribution < -0.4 is 4.90 Å². The Morgan fingerprint density at radius 3 is 2.77 bits per heavy atom. The highest BCUT2D eigenvalue weighted by atomic mass is 16.2. The molecule has 4 rings (SSSR count). The summed E-state index contributed by atoms with van der Waals surface area (Å²) in [6.45, 7) is 3.34. The van der Waals surface area contributed by atoms with E-state index in [-0.39, 0.29) is 5.91 Å².